The van der Waals surface area contributed by atoms with Crippen LogP contribution in [0.1, 0.15) is 56.2 Å². The van der Waals surface area contributed by atoms with Crippen molar-refractivity contribution >= 4 is 23.7 Å². The van der Waals surface area contributed by atoms with Gasteiger partial charge in [-0.3, -0.25) is 9.69 Å². The van der Waals surface area contributed by atoms with Crippen LogP contribution in [0.25, 0.3) is 0 Å². The Bertz CT molecular complexity index is 1420. The highest BCUT2D eigenvalue weighted by Gasteiger charge is 2.45. The molecule has 1 aliphatic carbocycles. The summed E-state index contributed by atoms with van der Waals surface area (Å²) >= 11 is 0. The number of carbonyl (C=O) groups is 3. The summed E-state index contributed by atoms with van der Waals surface area (Å²) in [4.78, 5) is 42.5. The number of likely N-dealkylation sites (N-methyl/N-ethyl adjacent to an activating group) is 1. The van der Waals surface area contributed by atoms with Gasteiger partial charge in [0.2, 0.25) is 5.91 Å². The second-order valence-corrected chi connectivity index (χ2v) is 12.7. The minimum absolute atomic E-state index is 0.00795. The lowest BCUT2D eigenvalue weighted by molar-refractivity contribution is -0.143. The number of anilines is 1. The highest BCUT2D eigenvalue weighted by atomic mass is 19.4. The smallest absolute Gasteiger partial charge is 0.416 e. The summed E-state index contributed by atoms with van der Waals surface area (Å²) in [6.45, 7) is 5.30. The van der Waals surface area contributed by atoms with Crippen molar-refractivity contribution in [3.8, 4) is 0 Å². The molecular weight excluding hydrogens is 625 g/mol. The molecule has 1 saturated heterocycles. The van der Waals surface area contributed by atoms with Crippen molar-refractivity contribution in [3.05, 3.63) is 65.0 Å². The van der Waals surface area contributed by atoms with E-state index in [9.17, 15) is 45.1 Å². The first-order valence-electron chi connectivity index (χ1n) is 14.5. The number of nitrogens with one attached hydrogen (secondary N) is 1. The molecule has 4 amide bonds. The molecule has 0 aromatic heterocycles. The zero-order valence-corrected chi connectivity index (χ0v) is 25.8. The summed E-state index contributed by atoms with van der Waals surface area (Å²) < 4.78 is 99.8. The van der Waals surface area contributed by atoms with Gasteiger partial charge in [0.15, 0.2) is 0 Å². The summed E-state index contributed by atoms with van der Waals surface area (Å²) in [5.41, 5.74) is -3.87. The number of likely N-dealkylation sites (tertiary alicyclic amines) is 1. The van der Waals surface area contributed by atoms with Crippen LogP contribution in [0.3, 0.4) is 0 Å². The van der Waals surface area contributed by atoms with Crippen molar-refractivity contribution in [3.63, 3.8) is 0 Å². The molecule has 1 saturated carbocycles. The molecule has 1 N–H and O–H groups in total. The molecule has 0 unspecified atom stereocenters. The summed E-state index contributed by atoms with van der Waals surface area (Å²) in [7, 11) is 2.40. The van der Waals surface area contributed by atoms with Crippen molar-refractivity contribution in [1.29, 1.82) is 0 Å². The molecule has 1 heterocycles. The summed E-state index contributed by atoms with van der Waals surface area (Å²) in [6, 6.07) is 4.37. The second kappa shape index (κ2) is 12.6. The second-order valence-electron chi connectivity index (χ2n) is 12.7. The number of alkyl halides is 6. The third-order valence-electron chi connectivity index (χ3n) is 8.15. The minimum atomic E-state index is -5.10. The van der Waals surface area contributed by atoms with Gasteiger partial charge >= 0.3 is 24.5 Å². The molecule has 46 heavy (non-hydrogen) atoms. The van der Waals surface area contributed by atoms with Gasteiger partial charge < -0.3 is 19.9 Å². The number of ether oxygens (including phenoxy) is 1. The summed E-state index contributed by atoms with van der Waals surface area (Å²) in [5, 5.41) is 2.72. The molecule has 2 aromatic carbocycles. The Morgan fingerprint density at radius 1 is 0.870 bits per heavy atom. The Kier molecular flexibility index (Phi) is 9.56. The number of nitrogens with zero attached hydrogens (tertiary/aromatic N) is 3. The molecule has 2 fully saturated rings. The first-order valence-corrected chi connectivity index (χ1v) is 14.5. The number of carbonyl (C=O) groups excluding carboxylic acids is 3. The van der Waals surface area contributed by atoms with Gasteiger partial charge in [-0.15, -0.1) is 0 Å². The van der Waals surface area contributed by atoms with E-state index in [1.54, 1.807) is 20.8 Å². The fourth-order valence-corrected chi connectivity index (χ4v) is 5.69. The first-order chi connectivity index (χ1) is 21.1. The Labute approximate surface area is 261 Å². The number of hydrogen-bond donors (Lipinski definition) is 1. The van der Waals surface area contributed by atoms with Crippen molar-refractivity contribution in [2.24, 2.45) is 5.92 Å². The number of alkyl carbamates (subject to hydrolysis) is 1. The largest absolute Gasteiger partial charge is 0.444 e. The Hall–Kier alpha value is -4.04. The maximum atomic E-state index is 13.7. The highest BCUT2D eigenvalue weighted by Crippen LogP contribution is 2.40. The summed E-state index contributed by atoms with van der Waals surface area (Å²) in [6.07, 6.45) is -10.1. The number of amides is 4. The van der Waals surface area contributed by atoms with Crippen LogP contribution in [0.5, 0.6) is 0 Å². The molecule has 252 valence electrons. The van der Waals surface area contributed by atoms with Gasteiger partial charge in [-0.1, -0.05) is 12.1 Å². The van der Waals surface area contributed by atoms with Gasteiger partial charge in [0.25, 0.3) is 0 Å². The molecule has 0 bridgehead atoms. The lowest BCUT2D eigenvalue weighted by Gasteiger charge is -2.37. The van der Waals surface area contributed by atoms with E-state index in [-0.39, 0.29) is 31.1 Å². The number of rotatable bonds is 5. The fraction of sp³-hybridized carbons (Fsp3) is 0.516. The quantitative estimate of drug-likeness (QED) is 0.365. The maximum absolute atomic E-state index is 13.7. The fourth-order valence-electron chi connectivity index (χ4n) is 5.69. The number of urea groups is 1. The Balaban J connectivity index is 1.53. The molecule has 8 nitrogen and oxygen atoms in total. The Morgan fingerprint density at radius 3 is 1.91 bits per heavy atom. The van der Waals surface area contributed by atoms with E-state index in [0.717, 1.165) is 7.05 Å². The number of benzene rings is 2. The zero-order valence-electron chi connectivity index (χ0n) is 25.8. The third kappa shape index (κ3) is 8.02. The number of hydrogen-bond acceptors (Lipinski definition) is 4. The van der Waals surface area contributed by atoms with Gasteiger partial charge in [0.05, 0.1) is 17.2 Å². The van der Waals surface area contributed by atoms with Gasteiger partial charge in [-0.2, -0.15) is 26.3 Å². The van der Waals surface area contributed by atoms with Crippen LogP contribution < -0.4 is 10.2 Å². The lowest BCUT2D eigenvalue weighted by atomic mass is 9.79. The molecule has 2 aliphatic rings. The van der Waals surface area contributed by atoms with E-state index in [0.29, 0.717) is 35.4 Å². The first kappa shape index (κ1) is 34.8. The van der Waals surface area contributed by atoms with Crippen LogP contribution in [0.15, 0.2) is 42.5 Å². The van der Waals surface area contributed by atoms with Crippen LogP contribution in [0, 0.1) is 11.7 Å². The van der Waals surface area contributed by atoms with Gasteiger partial charge in [-0.05, 0) is 69.5 Å². The van der Waals surface area contributed by atoms with E-state index in [1.807, 2.05) is 0 Å². The van der Waals surface area contributed by atoms with E-state index in [2.05, 4.69) is 5.32 Å². The molecule has 0 radical (unpaired) electrons. The Morgan fingerprint density at radius 2 is 1.41 bits per heavy atom. The van der Waals surface area contributed by atoms with Crippen LogP contribution >= 0.6 is 0 Å². The van der Waals surface area contributed by atoms with E-state index in [1.165, 1.54) is 41.1 Å². The lowest BCUT2D eigenvalue weighted by Crippen LogP contribution is -2.51. The molecule has 1 aliphatic heterocycles. The SMILES string of the molecule is CN(C(=O)N(C)[C@@H]1CN(C(=O)[C@H]2C[C@H](NC(=O)OC(C)(C)C)C2)C[C@H]1c1ccc(F)cc1)c1cc(C(F)(F)F)cc(C(F)(F)F)c1. The van der Waals surface area contributed by atoms with Crippen LogP contribution in [0.2, 0.25) is 0 Å². The molecule has 2 aromatic rings. The van der Waals surface area contributed by atoms with Crippen LogP contribution in [-0.2, 0) is 21.9 Å². The zero-order chi connectivity index (χ0) is 34.4. The average molecular weight is 661 g/mol. The van der Waals surface area contributed by atoms with Gasteiger partial charge in [0, 0.05) is 50.7 Å². The molecular formula is C31H35F7N4O4. The maximum Gasteiger partial charge on any atom is 0.416 e. The van der Waals surface area contributed by atoms with Gasteiger partial charge in [-0.25, -0.2) is 14.0 Å². The van der Waals surface area contributed by atoms with E-state index >= 15 is 0 Å². The number of halogens is 7. The monoisotopic (exact) mass is 660 g/mol. The van der Waals surface area contributed by atoms with Crippen molar-refractivity contribution in [1.82, 2.24) is 15.1 Å². The van der Waals surface area contributed by atoms with Crippen molar-refractivity contribution in [2.45, 2.75) is 69.6 Å². The summed E-state index contributed by atoms with van der Waals surface area (Å²) in [5.74, 6) is -1.73. The average Bonchev–Trinajstić information content (AvgIpc) is 3.37. The molecule has 0 spiro atoms. The van der Waals surface area contributed by atoms with Crippen molar-refractivity contribution < 1.29 is 49.9 Å². The van der Waals surface area contributed by atoms with Crippen LogP contribution in [0.4, 0.5) is 46.0 Å². The minimum Gasteiger partial charge on any atom is -0.444 e. The topological polar surface area (TPSA) is 82.2 Å². The van der Waals surface area contributed by atoms with Gasteiger partial charge in [0.1, 0.15) is 11.4 Å². The van der Waals surface area contributed by atoms with E-state index < -0.39 is 70.6 Å². The van der Waals surface area contributed by atoms with Crippen molar-refractivity contribution in [2.75, 3.05) is 32.1 Å². The standard InChI is InChI=1S/C31H35F7N4O4/c1-29(2,3)46-27(44)39-22-10-18(11-22)26(43)42-15-24(17-6-8-21(32)9-7-17)25(16-42)41(5)28(45)40(4)23-13-19(30(33,34)35)12-20(14-23)31(36,37)38/h6-9,12-14,18,22,24-25H,10-11,15-16H2,1-5H3,(H,39,44)/t18-,22-,24-,25+/m0/s1. The van der Waals surface area contributed by atoms with E-state index in [4.69, 9.17) is 4.74 Å². The third-order valence-corrected chi connectivity index (χ3v) is 8.15. The normalized spacial score (nSPS) is 21.8. The predicted molar refractivity (Wildman–Crippen MR) is 153 cm³/mol. The van der Waals surface area contributed by atoms with Crippen LogP contribution in [-0.4, -0.2) is 72.7 Å². The molecule has 2 atom stereocenters. The molecule has 15 heteroatoms. The predicted octanol–water partition coefficient (Wildman–Crippen LogP) is 6.65. The highest BCUT2D eigenvalue weighted by molar-refractivity contribution is 5.92. The molecule has 4 rings (SSSR count).